The standard InChI is InChI=1S/C13H12O4S2/c14-13(15)10-3-5-11(6-4-10)17-7-9-19(16)12-2-1-8-18-12/h1-6,8H,7,9H2,(H,14,15). The molecule has 2 aromatic rings. The van der Waals surface area contributed by atoms with Gasteiger partial charge < -0.3 is 9.84 Å². The van der Waals surface area contributed by atoms with E-state index in [1.165, 1.54) is 23.5 Å². The molecule has 1 heterocycles. The van der Waals surface area contributed by atoms with Gasteiger partial charge in [0.1, 0.15) is 12.4 Å². The van der Waals surface area contributed by atoms with Crippen molar-refractivity contribution in [2.45, 2.75) is 4.21 Å². The maximum atomic E-state index is 11.8. The maximum Gasteiger partial charge on any atom is 0.335 e. The van der Waals surface area contributed by atoms with E-state index in [4.69, 9.17) is 9.84 Å². The molecule has 0 spiro atoms. The monoisotopic (exact) mass is 296 g/mol. The topological polar surface area (TPSA) is 63.6 Å². The summed E-state index contributed by atoms with van der Waals surface area (Å²) in [5, 5.41) is 10.6. The molecule has 1 N–H and O–H groups in total. The number of benzene rings is 1. The Hall–Kier alpha value is -1.66. The summed E-state index contributed by atoms with van der Waals surface area (Å²) in [6.45, 7) is 0.330. The van der Waals surface area contributed by atoms with E-state index in [2.05, 4.69) is 0 Å². The molecule has 0 saturated heterocycles. The molecular weight excluding hydrogens is 284 g/mol. The zero-order chi connectivity index (χ0) is 13.7. The first-order valence-corrected chi connectivity index (χ1v) is 7.75. The van der Waals surface area contributed by atoms with Crippen molar-refractivity contribution >= 4 is 28.1 Å². The van der Waals surface area contributed by atoms with Gasteiger partial charge in [0.25, 0.3) is 0 Å². The molecular formula is C13H12O4S2. The number of thiophene rings is 1. The molecule has 100 valence electrons. The smallest absolute Gasteiger partial charge is 0.335 e. The van der Waals surface area contributed by atoms with Crippen LogP contribution in [0.25, 0.3) is 0 Å². The lowest BCUT2D eigenvalue weighted by atomic mass is 10.2. The summed E-state index contributed by atoms with van der Waals surface area (Å²) in [5.74, 6) is 0.0276. The zero-order valence-electron chi connectivity index (χ0n) is 9.94. The first-order chi connectivity index (χ1) is 9.16. The minimum atomic E-state index is -1.04. The second-order valence-electron chi connectivity index (χ2n) is 3.66. The quantitative estimate of drug-likeness (QED) is 0.890. The highest BCUT2D eigenvalue weighted by molar-refractivity contribution is 7.87. The van der Waals surface area contributed by atoms with Crippen LogP contribution in [0, 0.1) is 0 Å². The third kappa shape index (κ3) is 3.90. The molecule has 1 aromatic heterocycles. The van der Waals surface area contributed by atoms with Crippen molar-refractivity contribution < 1.29 is 18.8 Å². The van der Waals surface area contributed by atoms with Gasteiger partial charge in [-0.15, -0.1) is 11.3 Å². The lowest BCUT2D eigenvalue weighted by Crippen LogP contribution is -2.08. The number of carboxylic acids is 1. The van der Waals surface area contributed by atoms with Gasteiger partial charge in [0.15, 0.2) is 0 Å². The number of hydrogen-bond donors (Lipinski definition) is 1. The lowest BCUT2D eigenvalue weighted by molar-refractivity contribution is 0.0697. The van der Waals surface area contributed by atoms with Crippen LogP contribution in [0.2, 0.25) is 0 Å². The van der Waals surface area contributed by atoms with Gasteiger partial charge in [-0.25, -0.2) is 4.79 Å². The van der Waals surface area contributed by atoms with Gasteiger partial charge in [0.2, 0.25) is 0 Å². The van der Waals surface area contributed by atoms with E-state index >= 15 is 0 Å². The van der Waals surface area contributed by atoms with E-state index in [-0.39, 0.29) is 5.56 Å². The Bertz CT molecular complexity index is 561. The fraction of sp³-hybridized carbons (Fsp3) is 0.154. The summed E-state index contributed by atoms with van der Waals surface area (Å²) in [6.07, 6.45) is 0. The van der Waals surface area contributed by atoms with E-state index in [9.17, 15) is 9.00 Å². The fourth-order valence-electron chi connectivity index (χ4n) is 1.42. The van der Waals surface area contributed by atoms with E-state index in [0.29, 0.717) is 18.1 Å². The minimum absolute atomic E-state index is 0.217. The Balaban J connectivity index is 1.82. The normalized spacial score (nSPS) is 12.0. The van der Waals surface area contributed by atoms with Crippen molar-refractivity contribution in [1.82, 2.24) is 0 Å². The Morgan fingerprint density at radius 2 is 2.00 bits per heavy atom. The first-order valence-electron chi connectivity index (χ1n) is 5.55. The van der Waals surface area contributed by atoms with Crippen LogP contribution in [0.3, 0.4) is 0 Å². The van der Waals surface area contributed by atoms with Crippen LogP contribution in [0.4, 0.5) is 0 Å². The lowest BCUT2D eigenvalue weighted by Gasteiger charge is -2.05. The molecule has 1 atom stereocenters. The summed E-state index contributed by atoms with van der Waals surface area (Å²) in [4.78, 5) is 10.7. The largest absolute Gasteiger partial charge is 0.493 e. The predicted octanol–water partition coefficient (Wildman–Crippen LogP) is 2.63. The molecule has 6 heteroatoms. The van der Waals surface area contributed by atoms with Gasteiger partial charge in [0, 0.05) is 0 Å². The Kier molecular flexibility index (Phi) is 4.70. The van der Waals surface area contributed by atoms with Gasteiger partial charge in [-0.1, -0.05) is 6.07 Å². The average molecular weight is 296 g/mol. The van der Waals surface area contributed by atoms with Gasteiger partial charge in [-0.05, 0) is 35.7 Å². The summed E-state index contributed by atoms with van der Waals surface area (Å²) in [7, 11) is -1.04. The Labute approximate surface area is 117 Å². The second-order valence-corrected chi connectivity index (χ2v) is 6.40. The number of ether oxygens (including phenoxy) is 1. The van der Waals surface area contributed by atoms with Crippen molar-refractivity contribution in [3.8, 4) is 5.75 Å². The average Bonchev–Trinajstić information content (AvgIpc) is 2.93. The first kappa shape index (κ1) is 13.8. The number of rotatable bonds is 6. The van der Waals surface area contributed by atoms with Crippen molar-refractivity contribution in [3.63, 3.8) is 0 Å². The van der Waals surface area contributed by atoms with Crippen molar-refractivity contribution in [2.24, 2.45) is 0 Å². The van der Waals surface area contributed by atoms with Gasteiger partial charge >= 0.3 is 5.97 Å². The van der Waals surface area contributed by atoms with Gasteiger partial charge in [-0.2, -0.15) is 0 Å². The molecule has 2 rings (SSSR count). The number of carboxylic acid groups (broad SMARTS) is 1. The van der Waals surface area contributed by atoms with Crippen molar-refractivity contribution in [3.05, 3.63) is 47.3 Å². The van der Waals surface area contributed by atoms with Crippen LogP contribution in [0.5, 0.6) is 5.75 Å². The second kappa shape index (κ2) is 6.49. The summed E-state index contributed by atoms with van der Waals surface area (Å²) < 4.78 is 18.1. The highest BCUT2D eigenvalue weighted by Gasteiger charge is 2.06. The molecule has 1 unspecified atom stereocenters. The Morgan fingerprint density at radius 3 is 2.58 bits per heavy atom. The third-order valence-electron chi connectivity index (χ3n) is 2.36. The van der Waals surface area contributed by atoms with E-state index < -0.39 is 16.8 Å². The molecule has 0 radical (unpaired) electrons. The molecule has 1 aromatic carbocycles. The number of carbonyl (C=O) groups is 1. The minimum Gasteiger partial charge on any atom is -0.493 e. The third-order valence-corrected chi connectivity index (χ3v) is 4.99. The molecule has 19 heavy (non-hydrogen) atoms. The number of hydrogen-bond acceptors (Lipinski definition) is 4. The van der Waals surface area contributed by atoms with Gasteiger partial charge in [0.05, 0.1) is 26.3 Å². The SMILES string of the molecule is O=C(O)c1ccc(OCCS(=O)c2cccs2)cc1. The van der Waals surface area contributed by atoms with Crippen LogP contribution in [-0.2, 0) is 10.8 Å². The molecule has 0 aliphatic heterocycles. The number of aromatic carboxylic acids is 1. The van der Waals surface area contributed by atoms with Crippen molar-refractivity contribution in [2.75, 3.05) is 12.4 Å². The highest BCUT2D eigenvalue weighted by atomic mass is 32.2. The fourth-order valence-corrected chi connectivity index (χ4v) is 3.38. The maximum absolute atomic E-state index is 11.8. The van der Waals surface area contributed by atoms with Crippen LogP contribution >= 0.6 is 11.3 Å². The van der Waals surface area contributed by atoms with Gasteiger partial charge in [-0.3, -0.25) is 4.21 Å². The van der Waals surface area contributed by atoms with E-state index in [1.807, 2.05) is 17.5 Å². The zero-order valence-corrected chi connectivity index (χ0v) is 11.6. The molecule has 4 nitrogen and oxygen atoms in total. The molecule has 0 amide bonds. The summed E-state index contributed by atoms with van der Waals surface area (Å²) >= 11 is 1.46. The van der Waals surface area contributed by atoms with E-state index in [1.54, 1.807) is 12.1 Å². The molecule has 0 aliphatic rings. The van der Waals surface area contributed by atoms with Crippen LogP contribution < -0.4 is 4.74 Å². The molecule has 0 saturated carbocycles. The van der Waals surface area contributed by atoms with Crippen LogP contribution in [0.1, 0.15) is 10.4 Å². The van der Waals surface area contributed by atoms with E-state index in [0.717, 1.165) is 4.21 Å². The van der Waals surface area contributed by atoms with Crippen LogP contribution in [0.15, 0.2) is 46.0 Å². The van der Waals surface area contributed by atoms with Crippen molar-refractivity contribution in [1.29, 1.82) is 0 Å². The molecule has 0 fully saturated rings. The molecule has 0 aliphatic carbocycles. The summed E-state index contributed by atoms with van der Waals surface area (Å²) in [6, 6.07) is 9.85. The Morgan fingerprint density at radius 1 is 1.26 bits per heavy atom. The summed E-state index contributed by atoms with van der Waals surface area (Å²) in [5.41, 5.74) is 0.217. The molecule has 0 bridgehead atoms. The van der Waals surface area contributed by atoms with Crippen LogP contribution in [-0.4, -0.2) is 27.6 Å². The highest BCUT2D eigenvalue weighted by Crippen LogP contribution is 2.15. The predicted molar refractivity (Wildman–Crippen MR) is 74.5 cm³/mol.